The van der Waals surface area contributed by atoms with Crippen LogP contribution in [0.25, 0.3) is 0 Å². The second kappa shape index (κ2) is 27.0. The van der Waals surface area contributed by atoms with E-state index in [0.717, 1.165) is 51.4 Å². The van der Waals surface area contributed by atoms with Crippen LogP contribution in [0.3, 0.4) is 0 Å². The average molecular weight is 485 g/mol. The minimum Gasteiger partial charge on any atom is -0.481 e. The number of rotatable bonds is 28. The lowest BCUT2D eigenvalue weighted by Crippen LogP contribution is -2.13. The van der Waals surface area contributed by atoms with E-state index in [2.05, 4.69) is 6.92 Å². The highest BCUT2D eigenvalue weighted by molar-refractivity contribution is 5.66. The normalized spacial score (nSPS) is 13.3. The standard InChI is InChI=1S/C30H60O4/c1-2-3-20-23-28(31)26-27-29(32)24-21-18-16-14-12-10-8-6-4-5-7-9-11-13-15-17-19-22-25-30(33)34/h28-29,31-32H,2-27H2,1H3,(H,33,34). The molecule has 0 heterocycles. The molecule has 0 radical (unpaired) electrons. The van der Waals surface area contributed by atoms with Crippen molar-refractivity contribution in [2.75, 3.05) is 0 Å². The van der Waals surface area contributed by atoms with Crippen molar-refractivity contribution in [1.82, 2.24) is 0 Å². The molecular weight excluding hydrogens is 424 g/mol. The Morgan fingerprint density at radius 2 is 0.765 bits per heavy atom. The van der Waals surface area contributed by atoms with Gasteiger partial charge in [-0.2, -0.15) is 0 Å². The Morgan fingerprint density at radius 1 is 0.471 bits per heavy atom. The van der Waals surface area contributed by atoms with Crippen LogP contribution in [-0.4, -0.2) is 33.5 Å². The van der Waals surface area contributed by atoms with Gasteiger partial charge in [0.15, 0.2) is 0 Å². The van der Waals surface area contributed by atoms with Crippen molar-refractivity contribution in [1.29, 1.82) is 0 Å². The van der Waals surface area contributed by atoms with Gasteiger partial charge in [-0.15, -0.1) is 0 Å². The van der Waals surface area contributed by atoms with Crippen molar-refractivity contribution in [3.63, 3.8) is 0 Å². The number of aliphatic hydroxyl groups is 2. The highest BCUT2D eigenvalue weighted by Gasteiger charge is 2.09. The van der Waals surface area contributed by atoms with Gasteiger partial charge in [-0.05, 0) is 32.1 Å². The molecule has 0 saturated carbocycles. The molecule has 0 amide bonds. The molecule has 3 N–H and O–H groups in total. The van der Waals surface area contributed by atoms with Crippen LogP contribution in [0.5, 0.6) is 0 Å². The molecular formula is C30H60O4. The molecule has 0 fully saturated rings. The lowest BCUT2D eigenvalue weighted by molar-refractivity contribution is -0.137. The van der Waals surface area contributed by atoms with Crippen molar-refractivity contribution in [3.05, 3.63) is 0 Å². The zero-order chi connectivity index (χ0) is 25.1. The largest absolute Gasteiger partial charge is 0.481 e. The van der Waals surface area contributed by atoms with Crippen LogP contribution in [0.15, 0.2) is 0 Å². The molecule has 0 aliphatic rings. The average Bonchev–Trinajstić information content (AvgIpc) is 2.81. The number of carboxylic acids is 1. The van der Waals surface area contributed by atoms with Gasteiger partial charge in [0.25, 0.3) is 0 Å². The first-order chi connectivity index (χ1) is 16.6. The van der Waals surface area contributed by atoms with Crippen molar-refractivity contribution in [2.45, 2.75) is 186 Å². The van der Waals surface area contributed by atoms with E-state index in [-0.39, 0.29) is 12.2 Å². The van der Waals surface area contributed by atoms with Gasteiger partial charge in [0, 0.05) is 6.42 Å². The lowest BCUT2D eigenvalue weighted by Gasteiger charge is -2.14. The maximum Gasteiger partial charge on any atom is 0.303 e. The molecule has 0 rings (SSSR count). The third-order valence-corrected chi connectivity index (χ3v) is 7.15. The summed E-state index contributed by atoms with van der Waals surface area (Å²) >= 11 is 0. The summed E-state index contributed by atoms with van der Waals surface area (Å²) in [7, 11) is 0. The molecule has 0 aromatic heterocycles. The highest BCUT2D eigenvalue weighted by atomic mass is 16.4. The van der Waals surface area contributed by atoms with E-state index in [0.29, 0.717) is 6.42 Å². The number of hydrogen-bond acceptors (Lipinski definition) is 3. The zero-order valence-corrected chi connectivity index (χ0v) is 22.8. The van der Waals surface area contributed by atoms with Crippen molar-refractivity contribution >= 4 is 5.97 Å². The molecule has 4 heteroatoms. The lowest BCUT2D eigenvalue weighted by atomic mass is 10.00. The van der Waals surface area contributed by atoms with Gasteiger partial charge < -0.3 is 15.3 Å². The monoisotopic (exact) mass is 484 g/mol. The molecule has 0 aliphatic heterocycles. The van der Waals surface area contributed by atoms with Crippen molar-refractivity contribution in [3.8, 4) is 0 Å². The minimum atomic E-state index is -0.663. The van der Waals surface area contributed by atoms with Crippen LogP contribution in [0.2, 0.25) is 0 Å². The maximum absolute atomic E-state index is 10.4. The summed E-state index contributed by atoms with van der Waals surface area (Å²) < 4.78 is 0. The Morgan fingerprint density at radius 3 is 1.09 bits per heavy atom. The smallest absolute Gasteiger partial charge is 0.303 e. The Hall–Kier alpha value is -0.610. The molecule has 0 aliphatic carbocycles. The number of aliphatic carboxylic acids is 1. The Kier molecular flexibility index (Phi) is 26.5. The van der Waals surface area contributed by atoms with Crippen LogP contribution in [0.4, 0.5) is 0 Å². The van der Waals surface area contributed by atoms with Crippen molar-refractivity contribution in [2.24, 2.45) is 0 Å². The van der Waals surface area contributed by atoms with E-state index in [1.807, 2.05) is 0 Å². The van der Waals surface area contributed by atoms with E-state index < -0.39 is 5.97 Å². The Balaban J connectivity index is 3.18. The van der Waals surface area contributed by atoms with E-state index in [1.165, 1.54) is 109 Å². The van der Waals surface area contributed by atoms with Gasteiger partial charge in [-0.1, -0.05) is 135 Å². The summed E-state index contributed by atoms with van der Waals surface area (Å²) in [5.41, 5.74) is 0. The van der Waals surface area contributed by atoms with Crippen LogP contribution < -0.4 is 0 Å². The van der Waals surface area contributed by atoms with Gasteiger partial charge in [-0.3, -0.25) is 4.79 Å². The summed E-state index contributed by atoms with van der Waals surface area (Å²) in [4.78, 5) is 10.4. The number of hydrogen-bond donors (Lipinski definition) is 3. The summed E-state index contributed by atoms with van der Waals surface area (Å²) in [5.74, 6) is -0.663. The van der Waals surface area contributed by atoms with Crippen molar-refractivity contribution < 1.29 is 20.1 Å². The molecule has 34 heavy (non-hydrogen) atoms. The molecule has 0 aromatic rings. The van der Waals surface area contributed by atoms with Gasteiger partial charge in [0.1, 0.15) is 0 Å². The third-order valence-electron chi connectivity index (χ3n) is 7.15. The van der Waals surface area contributed by atoms with Crippen LogP contribution in [-0.2, 0) is 4.79 Å². The topological polar surface area (TPSA) is 77.8 Å². The maximum atomic E-state index is 10.4. The quantitative estimate of drug-likeness (QED) is 0.0968. The first-order valence-corrected chi connectivity index (χ1v) is 15.1. The summed E-state index contributed by atoms with van der Waals surface area (Å²) in [6.45, 7) is 2.18. The SMILES string of the molecule is CCCCCC(O)CCC(O)CCCCCCCCCCCCCCCCCCCCC(=O)O. The predicted molar refractivity (Wildman–Crippen MR) is 145 cm³/mol. The van der Waals surface area contributed by atoms with Gasteiger partial charge >= 0.3 is 5.97 Å². The first kappa shape index (κ1) is 33.4. The van der Waals surface area contributed by atoms with Crippen LogP contribution in [0.1, 0.15) is 174 Å². The Labute approximate surface area is 212 Å². The molecule has 0 saturated heterocycles. The third kappa shape index (κ3) is 27.6. The molecule has 2 unspecified atom stereocenters. The number of aliphatic hydroxyl groups excluding tert-OH is 2. The Bertz CT molecular complexity index is 413. The number of unbranched alkanes of at least 4 members (excludes halogenated alkanes) is 19. The molecule has 4 nitrogen and oxygen atoms in total. The summed E-state index contributed by atoms with van der Waals surface area (Å²) in [6, 6.07) is 0. The fraction of sp³-hybridized carbons (Fsp3) is 0.967. The highest BCUT2D eigenvalue weighted by Crippen LogP contribution is 2.16. The van der Waals surface area contributed by atoms with Gasteiger partial charge in [0.05, 0.1) is 12.2 Å². The minimum absolute atomic E-state index is 0.222. The second-order valence-electron chi connectivity index (χ2n) is 10.7. The van der Waals surface area contributed by atoms with E-state index in [1.54, 1.807) is 0 Å². The number of carbonyl (C=O) groups is 1. The summed E-state index contributed by atoms with van der Waals surface area (Å²) in [6.07, 6.45) is 29.7. The molecule has 204 valence electrons. The first-order valence-electron chi connectivity index (χ1n) is 15.1. The fourth-order valence-electron chi connectivity index (χ4n) is 4.79. The van der Waals surface area contributed by atoms with E-state index in [9.17, 15) is 15.0 Å². The van der Waals surface area contributed by atoms with E-state index in [4.69, 9.17) is 5.11 Å². The summed E-state index contributed by atoms with van der Waals surface area (Å²) in [5, 5.41) is 28.7. The van der Waals surface area contributed by atoms with Gasteiger partial charge in [-0.25, -0.2) is 0 Å². The van der Waals surface area contributed by atoms with Crippen LogP contribution in [0, 0.1) is 0 Å². The van der Waals surface area contributed by atoms with Crippen LogP contribution >= 0.6 is 0 Å². The molecule has 0 aromatic carbocycles. The zero-order valence-electron chi connectivity index (χ0n) is 22.8. The predicted octanol–water partition coefficient (Wildman–Crippen LogP) is 8.96. The number of carboxylic acid groups (broad SMARTS) is 1. The molecule has 0 bridgehead atoms. The second-order valence-corrected chi connectivity index (χ2v) is 10.7. The van der Waals surface area contributed by atoms with E-state index >= 15 is 0 Å². The fourth-order valence-corrected chi connectivity index (χ4v) is 4.79. The molecule has 2 atom stereocenters. The van der Waals surface area contributed by atoms with Gasteiger partial charge in [0.2, 0.25) is 0 Å². The molecule has 0 spiro atoms.